The summed E-state index contributed by atoms with van der Waals surface area (Å²) in [5.41, 5.74) is 0. The molecular weight excluding hydrogens is 384 g/mol. The van der Waals surface area contributed by atoms with Gasteiger partial charge in [-0.25, -0.2) is 0 Å². The Morgan fingerprint density at radius 3 is 2.41 bits per heavy atom. The van der Waals surface area contributed by atoms with Gasteiger partial charge in [0, 0.05) is 25.9 Å². The standard InChI is InChI=1S/C17H23O4.C5H5.Fe/c1-19-11-14-8-9-20-17(21-14)16-7-3-6-15(16)12-4-2-5-13(18)10-12;1-2-4-5-3-1;/h3,6-7,12,14,17H,2,4-5,8-11H2,1H3;1-5H;/q;;+2/t12?,14-,17-;;/m0../s1. The first-order chi connectivity index (χ1) is 12.8. The molecule has 0 aromatic rings. The largest absolute Gasteiger partial charge is 2.00 e. The minimum atomic E-state index is -0.319. The smallest absolute Gasteiger partial charge is 0.382 e. The molecular formula is C22H28FeO4+2. The van der Waals surface area contributed by atoms with Crippen molar-refractivity contribution in [3.63, 3.8) is 0 Å². The van der Waals surface area contributed by atoms with Crippen LogP contribution in [0.5, 0.6) is 0 Å². The summed E-state index contributed by atoms with van der Waals surface area (Å²) in [4.78, 5) is 11.7. The predicted octanol–water partition coefficient (Wildman–Crippen LogP) is 3.32. The van der Waals surface area contributed by atoms with Crippen LogP contribution in [0, 0.1) is 69.1 Å². The van der Waals surface area contributed by atoms with Gasteiger partial charge in [-0.1, -0.05) is 0 Å². The van der Waals surface area contributed by atoms with Crippen molar-refractivity contribution in [2.75, 3.05) is 20.3 Å². The third-order valence-electron chi connectivity index (χ3n) is 4.99. The minimum Gasteiger partial charge on any atom is -0.382 e. The third kappa shape index (κ3) is 7.12. The Morgan fingerprint density at radius 2 is 1.74 bits per heavy atom. The van der Waals surface area contributed by atoms with E-state index >= 15 is 0 Å². The molecule has 1 saturated heterocycles. The normalized spacial score (nSPS) is 32.6. The second-order valence-corrected chi connectivity index (χ2v) is 6.94. The van der Waals surface area contributed by atoms with Gasteiger partial charge in [0.15, 0.2) is 6.29 Å². The van der Waals surface area contributed by atoms with E-state index < -0.39 is 0 Å². The number of ketones is 1. The van der Waals surface area contributed by atoms with Crippen molar-refractivity contribution in [3.8, 4) is 0 Å². The number of hydrogen-bond donors (Lipinski definition) is 0. The minimum absolute atomic E-state index is 0. The molecule has 0 N–H and O–H groups in total. The monoisotopic (exact) mass is 412 g/mol. The summed E-state index contributed by atoms with van der Waals surface area (Å²) in [7, 11) is 1.69. The Bertz CT molecular complexity index is 417. The molecule has 0 aromatic carbocycles. The molecule has 0 amide bonds. The number of Topliss-reactive ketones (excluding diaryl/α,β-unsaturated/α-hetero) is 1. The summed E-state index contributed by atoms with van der Waals surface area (Å²) in [6, 6.07) is 0. The van der Waals surface area contributed by atoms with Crippen molar-refractivity contribution in [2.24, 2.45) is 5.92 Å². The second kappa shape index (κ2) is 12.6. The Labute approximate surface area is 175 Å². The van der Waals surface area contributed by atoms with Crippen molar-refractivity contribution in [2.45, 2.75) is 44.5 Å². The van der Waals surface area contributed by atoms with Gasteiger partial charge in [0.1, 0.15) is 5.78 Å². The first kappa shape index (κ1) is 23.3. The van der Waals surface area contributed by atoms with E-state index in [0.29, 0.717) is 31.3 Å². The van der Waals surface area contributed by atoms with Gasteiger partial charge in [0.2, 0.25) is 0 Å². The molecule has 3 saturated carbocycles. The van der Waals surface area contributed by atoms with Crippen LogP contribution in [0.3, 0.4) is 0 Å². The van der Waals surface area contributed by atoms with Gasteiger partial charge in [-0.15, -0.1) is 0 Å². The maximum atomic E-state index is 11.7. The molecule has 0 bridgehead atoms. The number of rotatable bonds is 4. The fraction of sp³-hybridized carbons (Fsp3) is 0.500. The van der Waals surface area contributed by atoms with Crippen molar-refractivity contribution < 1.29 is 36.1 Å². The van der Waals surface area contributed by atoms with E-state index in [0.717, 1.165) is 31.6 Å². The van der Waals surface area contributed by atoms with Crippen LogP contribution in [0.25, 0.3) is 0 Å². The average molecular weight is 412 g/mol. The first-order valence-electron chi connectivity index (χ1n) is 9.47. The molecule has 4 rings (SSSR count). The zero-order valence-electron chi connectivity index (χ0n) is 15.8. The van der Waals surface area contributed by atoms with Gasteiger partial charge in [0.05, 0.1) is 19.3 Å². The van der Waals surface area contributed by atoms with E-state index in [9.17, 15) is 4.79 Å². The van der Waals surface area contributed by atoms with Gasteiger partial charge >= 0.3 is 17.1 Å². The van der Waals surface area contributed by atoms with Crippen LogP contribution in [0.15, 0.2) is 0 Å². The summed E-state index contributed by atoms with van der Waals surface area (Å²) in [5.74, 6) is 3.02. The molecule has 1 heterocycles. The van der Waals surface area contributed by atoms with Crippen LogP contribution >= 0.6 is 0 Å². The van der Waals surface area contributed by atoms with Crippen LogP contribution < -0.4 is 0 Å². The predicted molar refractivity (Wildman–Crippen MR) is 99.0 cm³/mol. The maximum absolute atomic E-state index is 11.7. The fourth-order valence-electron chi connectivity index (χ4n) is 3.71. The molecule has 27 heavy (non-hydrogen) atoms. The van der Waals surface area contributed by atoms with Crippen LogP contribution in [0.1, 0.15) is 32.1 Å². The molecule has 1 unspecified atom stereocenters. The van der Waals surface area contributed by atoms with E-state index in [1.54, 1.807) is 7.11 Å². The number of ether oxygens (including phenoxy) is 3. The van der Waals surface area contributed by atoms with Gasteiger partial charge in [-0.2, -0.15) is 0 Å². The molecule has 0 aromatic heterocycles. The van der Waals surface area contributed by atoms with E-state index in [-0.39, 0.29) is 29.5 Å². The van der Waals surface area contributed by atoms with E-state index in [1.165, 1.54) is 5.92 Å². The second-order valence-electron chi connectivity index (χ2n) is 6.94. The van der Waals surface area contributed by atoms with Crippen molar-refractivity contribution in [3.05, 3.63) is 63.2 Å². The van der Waals surface area contributed by atoms with Crippen LogP contribution in [0.4, 0.5) is 0 Å². The van der Waals surface area contributed by atoms with E-state index in [2.05, 4.69) is 12.8 Å². The Balaban J connectivity index is 0.000000379. The average Bonchev–Trinajstić information content (AvgIpc) is 3.37. The summed E-state index contributed by atoms with van der Waals surface area (Å²) in [5, 5.41) is 0. The number of methoxy groups -OCH3 is 1. The molecule has 10 radical (unpaired) electrons. The SMILES string of the molecule is COC[C@@H]1CCO[C@H]([C]2[CH][CH][CH][C]2C2CCCC(=O)C2)O1.[CH]1[CH][CH][CH][CH]1.[Fe+2]. The quantitative estimate of drug-likeness (QED) is 0.665. The molecule has 4 fully saturated rings. The maximum Gasteiger partial charge on any atom is 2.00 e. The van der Waals surface area contributed by atoms with Crippen LogP contribution in [-0.2, 0) is 36.1 Å². The van der Waals surface area contributed by atoms with Gasteiger partial charge in [0.25, 0.3) is 0 Å². The molecule has 146 valence electrons. The Hall–Kier alpha value is 0.0695. The van der Waals surface area contributed by atoms with Crippen molar-refractivity contribution in [1.82, 2.24) is 0 Å². The zero-order valence-corrected chi connectivity index (χ0v) is 16.9. The number of hydrogen-bond acceptors (Lipinski definition) is 4. The van der Waals surface area contributed by atoms with E-state index in [4.69, 9.17) is 14.2 Å². The van der Waals surface area contributed by atoms with Crippen LogP contribution in [0.2, 0.25) is 0 Å². The molecule has 3 atom stereocenters. The summed E-state index contributed by atoms with van der Waals surface area (Å²) in [6.07, 6.45) is 20.3. The van der Waals surface area contributed by atoms with Crippen molar-refractivity contribution >= 4 is 5.78 Å². The van der Waals surface area contributed by atoms with Crippen molar-refractivity contribution in [1.29, 1.82) is 0 Å². The van der Waals surface area contributed by atoms with Gasteiger partial charge in [-0.05, 0) is 82.5 Å². The molecule has 5 heteroatoms. The van der Waals surface area contributed by atoms with Gasteiger partial charge in [-0.3, -0.25) is 4.79 Å². The number of carbonyl (C=O) groups excluding carboxylic acids is 1. The van der Waals surface area contributed by atoms with Gasteiger partial charge < -0.3 is 14.2 Å². The molecule has 4 aliphatic rings. The summed E-state index contributed by atoms with van der Waals surface area (Å²) in [6.45, 7) is 1.28. The summed E-state index contributed by atoms with van der Waals surface area (Å²) < 4.78 is 17.0. The van der Waals surface area contributed by atoms with Crippen LogP contribution in [-0.4, -0.2) is 38.5 Å². The topological polar surface area (TPSA) is 44.8 Å². The third-order valence-corrected chi connectivity index (χ3v) is 4.99. The molecule has 3 aliphatic carbocycles. The first-order valence-corrected chi connectivity index (χ1v) is 9.47. The Morgan fingerprint density at radius 1 is 1.04 bits per heavy atom. The fourth-order valence-corrected chi connectivity index (χ4v) is 3.71. The zero-order chi connectivity index (χ0) is 18.2. The molecule has 1 aliphatic heterocycles. The summed E-state index contributed by atoms with van der Waals surface area (Å²) >= 11 is 0. The Kier molecular flexibility index (Phi) is 10.9. The number of carbonyl (C=O) groups is 1. The molecule has 0 spiro atoms. The van der Waals surface area contributed by atoms with E-state index in [1.807, 2.05) is 38.5 Å². The molecule has 4 nitrogen and oxygen atoms in total.